The molecule has 3 aromatic carbocycles. The third-order valence-electron chi connectivity index (χ3n) is 8.44. The van der Waals surface area contributed by atoms with E-state index in [1.54, 1.807) is 29.3 Å². The molecule has 1 fully saturated rings. The van der Waals surface area contributed by atoms with Gasteiger partial charge in [-0.05, 0) is 29.3 Å². The highest BCUT2D eigenvalue weighted by atomic mass is 35.5. The maximum Gasteiger partial charge on any atom is 0.256 e. The molecule has 1 saturated heterocycles. The van der Waals surface area contributed by atoms with Crippen LogP contribution < -0.4 is 19.7 Å². The Labute approximate surface area is 259 Å². The van der Waals surface area contributed by atoms with Crippen molar-refractivity contribution >= 4 is 45.9 Å². The molecule has 0 saturated carbocycles. The minimum atomic E-state index is -0.951. The number of aliphatic hydroxyl groups is 1. The number of nitrogens with one attached hydrogen (secondary N) is 1. The van der Waals surface area contributed by atoms with Crippen LogP contribution in [0.15, 0.2) is 66.9 Å². The number of benzene rings is 3. The van der Waals surface area contributed by atoms with Crippen LogP contribution >= 0.6 is 11.6 Å². The van der Waals surface area contributed by atoms with Crippen molar-refractivity contribution in [1.29, 1.82) is 0 Å². The lowest BCUT2D eigenvalue weighted by atomic mass is 9.95. The van der Waals surface area contributed by atoms with Crippen molar-refractivity contribution in [2.75, 3.05) is 25.7 Å². The predicted molar refractivity (Wildman–Crippen MR) is 166 cm³/mol. The molecule has 2 N–H and O–H groups in total. The second kappa shape index (κ2) is 11.9. The third-order valence-corrected chi connectivity index (χ3v) is 8.81. The summed E-state index contributed by atoms with van der Waals surface area (Å²) in [7, 11) is 4.91. The van der Waals surface area contributed by atoms with Gasteiger partial charge in [0, 0.05) is 54.6 Å². The number of amides is 3. The summed E-state index contributed by atoms with van der Waals surface area (Å²) in [5.74, 6) is -0.225. The maximum atomic E-state index is 14.0. The van der Waals surface area contributed by atoms with Crippen molar-refractivity contribution in [2.45, 2.75) is 37.6 Å². The van der Waals surface area contributed by atoms with Gasteiger partial charge < -0.3 is 34.3 Å². The fourth-order valence-electron chi connectivity index (χ4n) is 6.23. The molecule has 10 nitrogen and oxygen atoms in total. The molecule has 2 aliphatic heterocycles. The topological polar surface area (TPSA) is 113 Å². The summed E-state index contributed by atoms with van der Waals surface area (Å²) in [6, 6.07) is 16.5. The summed E-state index contributed by atoms with van der Waals surface area (Å²) in [5.41, 5.74) is 3.47. The molecule has 44 heavy (non-hydrogen) atoms. The fourth-order valence-corrected chi connectivity index (χ4v) is 6.43. The molecule has 4 aromatic rings. The van der Waals surface area contributed by atoms with E-state index in [0.29, 0.717) is 27.8 Å². The largest absolute Gasteiger partial charge is 0.493 e. The van der Waals surface area contributed by atoms with Crippen molar-refractivity contribution in [3.8, 4) is 11.5 Å². The fraction of sp³-hybridized carbons (Fsp3) is 0.303. The van der Waals surface area contributed by atoms with Crippen molar-refractivity contribution in [3.63, 3.8) is 0 Å². The Morgan fingerprint density at radius 2 is 1.75 bits per heavy atom. The molecule has 0 aliphatic carbocycles. The van der Waals surface area contributed by atoms with Crippen LogP contribution in [-0.4, -0.2) is 71.2 Å². The first kappa shape index (κ1) is 29.5. The maximum absolute atomic E-state index is 14.0. The van der Waals surface area contributed by atoms with Gasteiger partial charge in [-0.3, -0.25) is 14.4 Å². The molecule has 228 valence electrons. The molecule has 1 unspecified atom stereocenters. The number of aliphatic hydroxyl groups excluding tert-OH is 1. The lowest BCUT2D eigenvalue weighted by Crippen LogP contribution is -2.56. The summed E-state index contributed by atoms with van der Waals surface area (Å²) in [4.78, 5) is 44.6. The molecule has 2 aliphatic rings. The van der Waals surface area contributed by atoms with Crippen LogP contribution in [0, 0.1) is 0 Å². The van der Waals surface area contributed by atoms with Gasteiger partial charge in [-0.1, -0.05) is 48.0 Å². The normalized spacial score (nSPS) is 19.7. The smallest absolute Gasteiger partial charge is 0.256 e. The van der Waals surface area contributed by atoms with Crippen LogP contribution in [0.2, 0.25) is 5.02 Å². The van der Waals surface area contributed by atoms with Crippen molar-refractivity contribution in [3.05, 3.63) is 88.6 Å². The number of carbonyl (C=O) groups is 3. The highest BCUT2D eigenvalue weighted by Gasteiger charge is 2.42. The second-order valence-corrected chi connectivity index (χ2v) is 11.6. The zero-order valence-electron chi connectivity index (χ0n) is 24.6. The zero-order valence-corrected chi connectivity index (χ0v) is 25.4. The number of ether oxygens (including phenoxy) is 2. The molecule has 0 radical (unpaired) electrons. The molecule has 0 spiro atoms. The van der Waals surface area contributed by atoms with E-state index in [4.69, 9.17) is 21.1 Å². The number of likely N-dealkylation sites (tertiary alicyclic amines) is 1. The number of fused-ring (bicyclic) bond motifs is 2. The monoisotopic (exact) mass is 616 g/mol. The van der Waals surface area contributed by atoms with Crippen LogP contribution in [0.3, 0.4) is 0 Å². The van der Waals surface area contributed by atoms with E-state index in [1.807, 2.05) is 54.1 Å². The molecule has 3 atom stereocenters. The van der Waals surface area contributed by atoms with Gasteiger partial charge in [0.15, 0.2) is 11.5 Å². The first-order chi connectivity index (χ1) is 21.2. The standard InChI is InChI=1S/C33H33ClN4O6/c1-36-18-23(22-9-5-7-11-26(22)36)32(41)38-17-21(39)14-28(38)31(40)35-25-12-20-13-29(43-2)30(44-3)15-27(20)37(33(25)42)16-19-8-4-6-10-24(19)34/h4-11,13,15,18,21,25,28,39H,12,14,16-17H2,1-3H3,(H,35,40)/t21-,25?,28+/m1/s1. The average molecular weight is 617 g/mol. The quantitative estimate of drug-likeness (QED) is 0.327. The number of hydrogen-bond donors (Lipinski definition) is 2. The lowest BCUT2D eigenvalue weighted by molar-refractivity contribution is -0.130. The van der Waals surface area contributed by atoms with Gasteiger partial charge >= 0.3 is 0 Å². The Morgan fingerprint density at radius 3 is 2.50 bits per heavy atom. The molecular weight excluding hydrogens is 584 g/mol. The van der Waals surface area contributed by atoms with Crippen LogP contribution in [-0.2, 0) is 29.6 Å². The minimum Gasteiger partial charge on any atom is -0.493 e. The van der Waals surface area contributed by atoms with Crippen LogP contribution in [0.4, 0.5) is 5.69 Å². The number of halogens is 1. The van der Waals surface area contributed by atoms with E-state index in [2.05, 4.69) is 5.32 Å². The number of anilines is 1. The Morgan fingerprint density at radius 1 is 1.05 bits per heavy atom. The van der Waals surface area contributed by atoms with E-state index in [1.165, 1.54) is 19.1 Å². The molecule has 0 bridgehead atoms. The van der Waals surface area contributed by atoms with Crippen LogP contribution in [0.5, 0.6) is 11.5 Å². The van der Waals surface area contributed by atoms with Crippen molar-refractivity contribution < 1.29 is 29.0 Å². The van der Waals surface area contributed by atoms with E-state index in [9.17, 15) is 19.5 Å². The van der Waals surface area contributed by atoms with Crippen LogP contribution in [0.1, 0.15) is 27.9 Å². The summed E-state index contributed by atoms with van der Waals surface area (Å²) >= 11 is 6.46. The first-order valence-corrected chi connectivity index (χ1v) is 14.7. The summed E-state index contributed by atoms with van der Waals surface area (Å²) in [6.45, 7) is 0.179. The van der Waals surface area contributed by atoms with Gasteiger partial charge in [0.1, 0.15) is 12.1 Å². The van der Waals surface area contributed by atoms with E-state index >= 15 is 0 Å². The first-order valence-electron chi connectivity index (χ1n) is 14.3. The summed E-state index contributed by atoms with van der Waals surface area (Å²) in [6.07, 6.45) is 1.13. The highest BCUT2D eigenvalue weighted by Crippen LogP contribution is 2.39. The van der Waals surface area contributed by atoms with Gasteiger partial charge in [-0.15, -0.1) is 0 Å². The molecular formula is C33H33ClN4O6. The van der Waals surface area contributed by atoms with Gasteiger partial charge in [-0.25, -0.2) is 0 Å². The number of methoxy groups -OCH3 is 2. The van der Waals surface area contributed by atoms with E-state index < -0.39 is 24.1 Å². The Kier molecular flexibility index (Phi) is 7.96. The number of rotatable bonds is 7. The third kappa shape index (κ3) is 5.24. The van der Waals surface area contributed by atoms with Gasteiger partial charge in [0.2, 0.25) is 11.8 Å². The van der Waals surface area contributed by atoms with Crippen molar-refractivity contribution in [2.24, 2.45) is 7.05 Å². The van der Waals surface area contributed by atoms with E-state index in [0.717, 1.165) is 22.0 Å². The molecule has 3 amide bonds. The number of aromatic nitrogens is 1. The van der Waals surface area contributed by atoms with Gasteiger partial charge in [0.05, 0.1) is 38.1 Å². The molecule has 6 rings (SSSR count). The number of aryl methyl sites for hydroxylation is 1. The zero-order chi connectivity index (χ0) is 31.1. The molecule has 3 heterocycles. The second-order valence-electron chi connectivity index (χ2n) is 11.2. The predicted octanol–water partition coefficient (Wildman–Crippen LogP) is 3.70. The van der Waals surface area contributed by atoms with E-state index in [-0.39, 0.29) is 37.7 Å². The van der Waals surface area contributed by atoms with Gasteiger partial charge in [-0.2, -0.15) is 0 Å². The Bertz CT molecular complexity index is 1770. The molecule has 11 heteroatoms. The highest BCUT2D eigenvalue weighted by molar-refractivity contribution is 6.31. The van der Waals surface area contributed by atoms with Crippen molar-refractivity contribution in [1.82, 2.24) is 14.8 Å². The Balaban J connectivity index is 1.30. The summed E-state index contributed by atoms with van der Waals surface area (Å²) in [5, 5.41) is 14.7. The number of β-amino-alcohol motifs (C(OH)–C–C–N with tert-alkyl or cyclic N) is 1. The average Bonchev–Trinajstić information content (AvgIpc) is 3.59. The SMILES string of the molecule is COc1cc2c(cc1OC)N(Cc1ccccc1Cl)C(=O)C(NC(=O)[C@@H]1C[C@@H](O)CN1C(=O)c1cn(C)c3ccccc13)C2. The number of nitrogens with zero attached hydrogens (tertiary/aromatic N) is 3. The Hall–Kier alpha value is -4.54. The lowest BCUT2D eigenvalue weighted by Gasteiger charge is -2.36. The van der Waals surface area contributed by atoms with Crippen LogP contribution in [0.25, 0.3) is 10.9 Å². The summed E-state index contributed by atoms with van der Waals surface area (Å²) < 4.78 is 12.9. The number of hydrogen-bond acceptors (Lipinski definition) is 6. The molecule has 1 aromatic heterocycles. The number of carbonyl (C=O) groups excluding carboxylic acids is 3. The minimum absolute atomic E-state index is 0.0111. The van der Waals surface area contributed by atoms with Gasteiger partial charge in [0.25, 0.3) is 5.91 Å². The number of para-hydroxylation sites is 1.